The van der Waals surface area contributed by atoms with Gasteiger partial charge in [-0.2, -0.15) is 0 Å². The molecule has 6 rings (SSSR count). The molecule has 4 aromatic carbocycles. The van der Waals surface area contributed by atoms with Crippen LogP contribution in [0.1, 0.15) is 41.7 Å². The molecule has 9 heteroatoms. The molecule has 41 heavy (non-hydrogen) atoms. The Hall–Kier alpha value is -4.95. The lowest BCUT2D eigenvalue weighted by molar-refractivity contribution is 0.0934. The highest BCUT2D eigenvalue weighted by Crippen LogP contribution is 2.41. The van der Waals surface area contributed by atoms with Crippen LogP contribution in [-0.4, -0.2) is 26.1 Å². The van der Waals surface area contributed by atoms with E-state index in [4.69, 9.17) is 21.0 Å². The third-order valence-electron chi connectivity index (χ3n) is 6.96. The summed E-state index contributed by atoms with van der Waals surface area (Å²) < 4.78 is 5.37. The SMILES string of the molecule is CCCC(NC(=O)c1ccc(-c2c(Cl)cccc2-c2nc3ccccc3[nH]2)c(-c2n[nH]c(=O)o2)c1)c1ccccc1. The normalized spacial score (nSPS) is 12.0. The third kappa shape index (κ3) is 5.29. The number of aromatic nitrogens is 4. The standard InChI is InChI=1S/C32H26ClN5O3/c1-2-9-25(19-10-4-3-5-11-19)36-30(39)20-16-17-21(23(18-20)31-37-38-32(40)41-31)28-22(12-8-13-24(28)33)29-34-26-14-6-7-15-27(26)35-29/h3-8,10-18,25H,2,9H2,1H3,(H,34,35)(H,36,39)(H,38,40). The molecule has 0 bridgehead atoms. The number of imidazole rings is 1. The highest BCUT2D eigenvalue weighted by atomic mass is 35.5. The molecule has 0 spiro atoms. The molecule has 0 saturated heterocycles. The van der Waals surface area contributed by atoms with E-state index in [0.29, 0.717) is 33.1 Å². The number of benzene rings is 4. The number of rotatable bonds is 8. The Morgan fingerprint density at radius 1 is 0.951 bits per heavy atom. The van der Waals surface area contributed by atoms with Crippen molar-refractivity contribution in [2.45, 2.75) is 25.8 Å². The zero-order valence-electron chi connectivity index (χ0n) is 22.1. The Balaban J connectivity index is 1.46. The van der Waals surface area contributed by atoms with Crippen LogP contribution in [0.3, 0.4) is 0 Å². The van der Waals surface area contributed by atoms with Gasteiger partial charge in [-0.15, -0.1) is 5.10 Å². The predicted octanol–water partition coefficient (Wildman–Crippen LogP) is 7.16. The van der Waals surface area contributed by atoms with Crippen molar-refractivity contribution in [3.05, 3.63) is 118 Å². The fourth-order valence-electron chi connectivity index (χ4n) is 5.04. The second kappa shape index (κ2) is 11.3. The largest absolute Gasteiger partial charge is 0.434 e. The third-order valence-corrected chi connectivity index (χ3v) is 7.28. The van der Waals surface area contributed by atoms with Gasteiger partial charge in [-0.25, -0.2) is 14.9 Å². The number of H-pyrrole nitrogens is 2. The maximum Gasteiger partial charge on any atom is 0.434 e. The molecule has 0 aliphatic carbocycles. The highest BCUT2D eigenvalue weighted by molar-refractivity contribution is 6.34. The summed E-state index contributed by atoms with van der Waals surface area (Å²) in [5.41, 5.74) is 5.61. The molecule has 1 amide bonds. The smallest absolute Gasteiger partial charge is 0.388 e. The van der Waals surface area contributed by atoms with Crippen LogP contribution in [0, 0.1) is 0 Å². The summed E-state index contributed by atoms with van der Waals surface area (Å²) >= 11 is 6.81. The van der Waals surface area contributed by atoms with Gasteiger partial charge >= 0.3 is 5.76 Å². The first kappa shape index (κ1) is 26.3. The second-order valence-corrected chi connectivity index (χ2v) is 10.1. The molecule has 0 aliphatic heterocycles. The number of aromatic amines is 2. The number of carbonyl (C=O) groups is 1. The average Bonchev–Trinajstić information content (AvgIpc) is 3.63. The van der Waals surface area contributed by atoms with Crippen LogP contribution < -0.4 is 11.1 Å². The molecule has 1 atom stereocenters. The van der Waals surface area contributed by atoms with E-state index < -0.39 is 5.76 Å². The molecule has 3 N–H and O–H groups in total. The summed E-state index contributed by atoms with van der Waals surface area (Å²) in [6, 6.07) is 28.2. The van der Waals surface area contributed by atoms with Crippen LogP contribution in [0.5, 0.6) is 0 Å². The van der Waals surface area contributed by atoms with E-state index >= 15 is 0 Å². The number of fused-ring (bicyclic) bond motifs is 1. The van der Waals surface area contributed by atoms with Crippen molar-refractivity contribution < 1.29 is 9.21 Å². The molecule has 204 valence electrons. The van der Waals surface area contributed by atoms with Gasteiger partial charge in [-0.3, -0.25) is 4.79 Å². The molecule has 8 nitrogen and oxygen atoms in total. The molecule has 2 heterocycles. The van der Waals surface area contributed by atoms with Gasteiger partial charge in [0, 0.05) is 27.3 Å². The van der Waals surface area contributed by atoms with Gasteiger partial charge in [0.05, 0.1) is 17.1 Å². The van der Waals surface area contributed by atoms with Crippen LogP contribution in [0.2, 0.25) is 5.02 Å². The van der Waals surface area contributed by atoms with E-state index in [2.05, 4.69) is 27.4 Å². The zero-order valence-corrected chi connectivity index (χ0v) is 22.9. The average molecular weight is 564 g/mol. The van der Waals surface area contributed by atoms with Crippen molar-refractivity contribution in [1.29, 1.82) is 0 Å². The van der Waals surface area contributed by atoms with Gasteiger partial charge in [-0.1, -0.05) is 85.6 Å². The van der Waals surface area contributed by atoms with E-state index in [1.165, 1.54) is 0 Å². The van der Waals surface area contributed by atoms with Crippen LogP contribution in [-0.2, 0) is 0 Å². The Labute approximate surface area is 240 Å². The molecule has 0 saturated carbocycles. The minimum atomic E-state index is -0.704. The Bertz CT molecular complexity index is 1870. The van der Waals surface area contributed by atoms with Gasteiger partial charge in [0.1, 0.15) is 5.82 Å². The monoisotopic (exact) mass is 563 g/mol. The molecule has 0 radical (unpaired) electrons. The molecule has 2 aromatic heterocycles. The number of hydrogen-bond donors (Lipinski definition) is 3. The summed E-state index contributed by atoms with van der Waals surface area (Å²) in [6.45, 7) is 2.08. The van der Waals surface area contributed by atoms with E-state index in [1.54, 1.807) is 24.3 Å². The second-order valence-electron chi connectivity index (χ2n) is 9.67. The number of hydrogen-bond acceptors (Lipinski definition) is 5. The first-order chi connectivity index (χ1) is 20.0. The molecular formula is C32H26ClN5O3. The van der Waals surface area contributed by atoms with E-state index in [9.17, 15) is 9.59 Å². The molecule has 0 fully saturated rings. The highest BCUT2D eigenvalue weighted by Gasteiger charge is 2.23. The van der Waals surface area contributed by atoms with Gasteiger partial charge in [-0.05, 0) is 47.9 Å². The van der Waals surface area contributed by atoms with Crippen LogP contribution in [0.25, 0.3) is 45.0 Å². The summed E-state index contributed by atoms with van der Waals surface area (Å²) in [5.74, 6) is -0.285. The van der Waals surface area contributed by atoms with Crippen LogP contribution in [0.4, 0.5) is 0 Å². The minimum Gasteiger partial charge on any atom is -0.388 e. The first-order valence-electron chi connectivity index (χ1n) is 13.3. The van der Waals surface area contributed by atoms with E-state index in [1.807, 2.05) is 66.7 Å². The summed E-state index contributed by atoms with van der Waals surface area (Å²) in [6.07, 6.45) is 1.69. The fourth-order valence-corrected chi connectivity index (χ4v) is 5.32. The first-order valence-corrected chi connectivity index (χ1v) is 13.7. The molecular weight excluding hydrogens is 538 g/mol. The quantitative estimate of drug-likeness (QED) is 0.181. The number of nitrogens with zero attached hydrogens (tertiary/aromatic N) is 2. The molecule has 1 unspecified atom stereocenters. The number of carbonyl (C=O) groups excluding carboxylic acids is 1. The number of halogens is 1. The zero-order chi connectivity index (χ0) is 28.3. The lowest BCUT2D eigenvalue weighted by Crippen LogP contribution is -2.28. The Morgan fingerprint density at radius 3 is 2.51 bits per heavy atom. The van der Waals surface area contributed by atoms with Crippen molar-refractivity contribution in [3.63, 3.8) is 0 Å². The predicted molar refractivity (Wildman–Crippen MR) is 160 cm³/mol. The number of para-hydroxylation sites is 2. The van der Waals surface area contributed by atoms with Gasteiger partial charge in [0.25, 0.3) is 5.91 Å². The van der Waals surface area contributed by atoms with Crippen molar-refractivity contribution in [2.75, 3.05) is 0 Å². The lowest BCUT2D eigenvalue weighted by Gasteiger charge is -2.19. The van der Waals surface area contributed by atoms with E-state index in [-0.39, 0.29) is 17.8 Å². The number of amides is 1. The lowest BCUT2D eigenvalue weighted by atomic mass is 9.93. The Kier molecular flexibility index (Phi) is 7.22. The maximum atomic E-state index is 13.5. The summed E-state index contributed by atoms with van der Waals surface area (Å²) in [7, 11) is 0. The summed E-state index contributed by atoms with van der Waals surface area (Å²) in [4.78, 5) is 33.6. The van der Waals surface area contributed by atoms with Gasteiger partial charge < -0.3 is 14.7 Å². The summed E-state index contributed by atoms with van der Waals surface area (Å²) in [5, 5.41) is 10.0. The van der Waals surface area contributed by atoms with Gasteiger partial charge in [0.2, 0.25) is 5.89 Å². The fraction of sp³-hybridized carbons (Fsp3) is 0.125. The van der Waals surface area contributed by atoms with Crippen LogP contribution in [0.15, 0.2) is 100 Å². The molecule has 0 aliphatic rings. The Morgan fingerprint density at radius 2 is 1.76 bits per heavy atom. The van der Waals surface area contributed by atoms with E-state index in [0.717, 1.165) is 35.0 Å². The van der Waals surface area contributed by atoms with Crippen molar-refractivity contribution >= 4 is 28.5 Å². The van der Waals surface area contributed by atoms with Crippen molar-refractivity contribution in [1.82, 2.24) is 25.5 Å². The molecule has 6 aromatic rings. The van der Waals surface area contributed by atoms with Gasteiger partial charge in [0.15, 0.2) is 0 Å². The minimum absolute atomic E-state index is 0.0447. The topological polar surface area (TPSA) is 117 Å². The maximum absolute atomic E-state index is 13.5. The van der Waals surface area contributed by atoms with Crippen LogP contribution >= 0.6 is 11.6 Å². The van der Waals surface area contributed by atoms with Crippen molar-refractivity contribution in [2.24, 2.45) is 0 Å². The number of nitrogens with one attached hydrogen (secondary N) is 3. The van der Waals surface area contributed by atoms with Crippen molar-refractivity contribution in [3.8, 4) is 34.0 Å².